The SMILES string of the molecule is CSC1=N[C@@H](C(O[SiH2]C(C)(C)C)(c2ccccc2)c2ccccc2)CC1. The molecular weight excluding hydrogens is 354 g/mol. The summed E-state index contributed by atoms with van der Waals surface area (Å²) in [6.07, 6.45) is 4.21. The molecule has 2 aromatic rings. The highest BCUT2D eigenvalue weighted by Crippen LogP contribution is 2.44. The van der Waals surface area contributed by atoms with Crippen molar-refractivity contribution in [1.29, 1.82) is 0 Å². The van der Waals surface area contributed by atoms with Crippen LogP contribution in [0.25, 0.3) is 0 Å². The number of thioether (sulfide) groups is 1. The van der Waals surface area contributed by atoms with Gasteiger partial charge in [-0.25, -0.2) is 0 Å². The van der Waals surface area contributed by atoms with Crippen LogP contribution in [0.5, 0.6) is 0 Å². The van der Waals surface area contributed by atoms with E-state index in [2.05, 4.69) is 87.7 Å². The third kappa shape index (κ3) is 4.13. The molecule has 0 saturated carbocycles. The molecule has 1 atom stereocenters. The Bertz CT molecular complexity index is 700. The van der Waals surface area contributed by atoms with Gasteiger partial charge in [-0.05, 0) is 35.3 Å². The third-order valence-electron chi connectivity index (χ3n) is 4.77. The molecule has 1 heterocycles. The second-order valence-electron chi connectivity index (χ2n) is 8.10. The molecule has 2 nitrogen and oxygen atoms in total. The number of hydrogen-bond acceptors (Lipinski definition) is 3. The smallest absolute Gasteiger partial charge is 0.168 e. The molecule has 2 aromatic carbocycles. The van der Waals surface area contributed by atoms with Crippen LogP contribution in [0.15, 0.2) is 65.7 Å². The van der Waals surface area contributed by atoms with Crippen LogP contribution in [0, 0.1) is 0 Å². The lowest BCUT2D eigenvalue weighted by Gasteiger charge is -2.41. The van der Waals surface area contributed by atoms with Crippen LogP contribution >= 0.6 is 11.8 Å². The molecule has 0 amide bonds. The van der Waals surface area contributed by atoms with Gasteiger partial charge < -0.3 is 4.43 Å². The number of aliphatic imine (C=N–C) groups is 1. The quantitative estimate of drug-likeness (QED) is 0.664. The van der Waals surface area contributed by atoms with Gasteiger partial charge in [-0.3, -0.25) is 4.99 Å². The molecule has 0 spiro atoms. The second-order valence-corrected chi connectivity index (χ2v) is 11.7. The Labute approximate surface area is 164 Å². The molecule has 1 aliphatic heterocycles. The maximum absolute atomic E-state index is 6.97. The predicted octanol–water partition coefficient (Wildman–Crippen LogP) is 5.17. The highest BCUT2D eigenvalue weighted by Gasteiger charge is 2.45. The first kappa shape index (κ1) is 19.4. The van der Waals surface area contributed by atoms with Gasteiger partial charge in [0, 0.05) is 0 Å². The minimum absolute atomic E-state index is 0.129. The van der Waals surface area contributed by atoms with E-state index in [1.165, 1.54) is 16.2 Å². The van der Waals surface area contributed by atoms with Crippen LogP contribution in [0.1, 0.15) is 44.7 Å². The van der Waals surface area contributed by atoms with Crippen LogP contribution in [-0.4, -0.2) is 27.1 Å². The predicted molar refractivity (Wildman–Crippen MR) is 117 cm³/mol. The van der Waals surface area contributed by atoms with E-state index >= 15 is 0 Å². The number of benzene rings is 2. The summed E-state index contributed by atoms with van der Waals surface area (Å²) in [5.41, 5.74) is 1.96. The monoisotopic (exact) mass is 383 g/mol. The van der Waals surface area contributed by atoms with Crippen molar-refractivity contribution in [1.82, 2.24) is 0 Å². The molecule has 1 aliphatic rings. The van der Waals surface area contributed by atoms with E-state index in [1.54, 1.807) is 11.8 Å². The lowest BCUT2D eigenvalue weighted by atomic mass is 9.79. The Morgan fingerprint density at radius 3 is 1.92 bits per heavy atom. The van der Waals surface area contributed by atoms with E-state index in [-0.39, 0.29) is 11.1 Å². The van der Waals surface area contributed by atoms with E-state index in [0.717, 1.165) is 12.8 Å². The fourth-order valence-electron chi connectivity index (χ4n) is 3.53. The molecule has 0 aliphatic carbocycles. The molecule has 0 bridgehead atoms. The zero-order valence-corrected chi connectivity index (χ0v) is 18.5. The van der Waals surface area contributed by atoms with Crippen molar-refractivity contribution in [2.75, 3.05) is 6.26 Å². The molecule has 0 aromatic heterocycles. The highest BCUT2D eigenvalue weighted by atomic mass is 32.2. The zero-order chi connectivity index (χ0) is 18.6. The fraction of sp³-hybridized carbons (Fsp3) is 0.409. The summed E-state index contributed by atoms with van der Waals surface area (Å²) < 4.78 is 6.97. The van der Waals surface area contributed by atoms with Crippen molar-refractivity contribution in [2.45, 2.75) is 50.3 Å². The van der Waals surface area contributed by atoms with Crippen molar-refractivity contribution >= 4 is 26.6 Å². The molecule has 26 heavy (non-hydrogen) atoms. The molecule has 4 heteroatoms. The lowest BCUT2D eigenvalue weighted by Crippen LogP contribution is -2.43. The van der Waals surface area contributed by atoms with Gasteiger partial charge in [-0.15, -0.1) is 11.8 Å². The van der Waals surface area contributed by atoms with E-state index in [4.69, 9.17) is 9.42 Å². The molecule has 0 fully saturated rings. The van der Waals surface area contributed by atoms with Crippen molar-refractivity contribution in [2.24, 2.45) is 4.99 Å². The van der Waals surface area contributed by atoms with Gasteiger partial charge in [0.15, 0.2) is 9.76 Å². The Balaban J connectivity index is 2.16. The topological polar surface area (TPSA) is 21.6 Å². The average Bonchev–Trinajstić information content (AvgIpc) is 3.13. The summed E-state index contributed by atoms with van der Waals surface area (Å²) >= 11 is 1.77. The van der Waals surface area contributed by atoms with Crippen LogP contribution in [0.4, 0.5) is 0 Å². The first-order valence-corrected chi connectivity index (χ1v) is 11.8. The van der Waals surface area contributed by atoms with Gasteiger partial charge in [-0.2, -0.15) is 0 Å². The highest BCUT2D eigenvalue weighted by molar-refractivity contribution is 8.13. The lowest BCUT2D eigenvalue weighted by molar-refractivity contribution is 0.0816. The molecule has 0 radical (unpaired) electrons. The first-order chi connectivity index (χ1) is 12.5. The molecule has 0 unspecified atom stereocenters. The molecule has 0 N–H and O–H groups in total. The van der Waals surface area contributed by atoms with Crippen molar-refractivity contribution in [3.8, 4) is 0 Å². The maximum atomic E-state index is 6.97. The van der Waals surface area contributed by atoms with Gasteiger partial charge in [0.05, 0.1) is 11.1 Å². The Morgan fingerprint density at radius 2 is 1.50 bits per heavy atom. The number of rotatable bonds is 5. The Hall–Kier alpha value is -1.36. The molecule has 138 valence electrons. The summed E-state index contributed by atoms with van der Waals surface area (Å²) in [7, 11) is -0.775. The van der Waals surface area contributed by atoms with Gasteiger partial charge in [-0.1, -0.05) is 81.4 Å². The summed E-state index contributed by atoms with van der Waals surface area (Å²) in [5, 5.41) is 1.46. The minimum Gasteiger partial charge on any atom is -0.408 e. The normalized spacial score (nSPS) is 18.5. The van der Waals surface area contributed by atoms with Crippen molar-refractivity contribution in [3.05, 3.63) is 71.8 Å². The third-order valence-corrected chi connectivity index (χ3v) is 7.02. The van der Waals surface area contributed by atoms with E-state index in [9.17, 15) is 0 Å². The van der Waals surface area contributed by atoms with Crippen LogP contribution < -0.4 is 0 Å². The maximum Gasteiger partial charge on any atom is 0.168 e. The van der Waals surface area contributed by atoms with Crippen molar-refractivity contribution < 1.29 is 4.43 Å². The molecule has 3 rings (SSSR count). The van der Waals surface area contributed by atoms with Gasteiger partial charge in [0.1, 0.15) is 5.60 Å². The van der Waals surface area contributed by atoms with Gasteiger partial charge >= 0.3 is 0 Å². The summed E-state index contributed by atoms with van der Waals surface area (Å²) in [4.78, 5) is 5.11. The standard InChI is InChI=1S/C22H29NOSSi/c1-21(2,3)26-24-22(17-11-7-5-8-12-17,18-13-9-6-10-14-18)19-15-16-20(23-19)25-4/h5-14,19H,15-16,26H2,1-4H3/t19-/m1/s1. The van der Waals surface area contributed by atoms with E-state index < -0.39 is 15.4 Å². The number of nitrogens with zero attached hydrogens (tertiary/aromatic N) is 1. The summed E-state index contributed by atoms with van der Waals surface area (Å²) in [6.45, 7) is 6.85. The van der Waals surface area contributed by atoms with Crippen LogP contribution in [0.3, 0.4) is 0 Å². The zero-order valence-electron chi connectivity index (χ0n) is 16.2. The van der Waals surface area contributed by atoms with Gasteiger partial charge in [0.2, 0.25) is 0 Å². The Kier molecular flexibility index (Phi) is 6.05. The largest absolute Gasteiger partial charge is 0.408 e. The first-order valence-electron chi connectivity index (χ1n) is 9.31. The molecule has 0 saturated heterocycles. The minimum atomic E-state index is -0.775. The average molecular weight is 384 g/mol. The second kappa shape index (κ2) is 8.11. The van der Waals surface area contributed by atoms with Crippen molar-refractivity contribution in [3.63, 3.8) is 0 Å². The van der Waals surface area contributed by atoms with E-state index in [0.29, 0.717) is 0 Å². The fourth-order valence-corrected chi connectivity index (χ4v) is 5.27. The Morgan fingerprint density at radius 1 is 0.962 bits per heavy atom. The molecular formula is C22H29NOSSi. The number of hydrogen-bond donors (Lipinski definition) is 0. The van der Waals surface area contributed by atoms with Crippen LogP contribution in [-0.2, 0) is 10.0 Å². The summed E-state index contributed by atoms with van der Waals surface area (Å²) in [6, 6.07) is 21.6. The van der Waals surface area contributed by atoms with E-state index in [1.807, 2.05) is 0 Å². The van der Waals surface area contributed by atoms with Gasteiger partial charge in [0.25, 0.3) is 0 Å². The van der Waals surface area contributed by atoms with Crippen LogP contribution in [0.2, 0.25) is 5.04 Å². The summed E-state index contributed by atoms with van der Waals surface area (Å²) in [5.74, 6) is 0.